The Bertz CT molecular complexity index is 748. The van der Waals surface area contributed by atoms with Crippen LogP contribution in [0.4, 0.5) is 4.79 Å². The fraction of sp³-hybridized carbons (Fsp3) is 0.455. The number of aromatic nitrogens is 1. The van der Waals surface area contributed by atoms with Crippen molar-refractivity contribution in [2.45, 2.75) is 52.2 Å². The molecule has 1 aromatic heterocycles. The molecular formula is C22H29N3O2. The number of hydrogen-bond acceptors (Lipinski definition) is 4. The molecule has 0 aliphatic carbocycles. The minimum absolute atomic E-state index is 0.326. The number of benzene rings is 1. The van der Waals surface area contributed by atoms with Gasteiger partial charge in [0.1, 0.15) is 0 Å². The van der Waals surface area contributed by atoms with Gasteiger partial charge in [-0.05, 0) is 42.5 Å². The summed E-state index contributed by atoms with van der Waals surface area (Å²) in [6.45, 7) is 7.15. The van der Waals surface area contributed by atoms with E-state index in [1.165, 1.54) is 16.7 Å². The lowest BCUT2D eigenvalue weighted by molar-refractivity contribution is 0.144. The van der Waals surface area contributed by atoms with Gasteiger partial charge in [-0.25, -0.2) is 4.79 Å². The van der Waals surface area contributed by atoms with Crippen molar-refractivity contribution in [2.75, 3.05) is 13.2 Å². The molecule has 27 heavy (non-hydrogen) atoms. The van der Waals surface area contributed by atoms with Crippen LogP contribution in [0, 0.1) is 0 Å². The Morgan fingerprint density at radius 1 is 1.33 bits per heavy atom. The first-order valence-electron chi connectivity index (χ1n) is 9.83. The first kappa shape index (κ1) is 19.4. The molecule has 144 valence electrons. The second-order valence-electron chi connectivity index (χ2n) is 7.10. The molecule has 2 aromatic rings. The number of carbonyl (C=O) groups excluding carboxylic acids is 1. The van der Waals surface area contributed by atoms with Gasteiger partial charge in [-0.2, -0.15) is 0 Å². The van der Waals surface area contributed by atoms with Crippen LogP contribution >= 0.6 is 0 Å². The number of amides is 1. The summed E-state index contributed by atoms with van der Waals surface area (Å²) >= 11 is 0. The van der Waals surface area contributed by atoms with Crippen molar-refractivity contribution in [2.24, 2.45) is 0 Å². The molecule has 1 atom stereocenters. The van der Waals surface area contributed by atoms with Gasteiger partial charge in [0.05, 0.1) is 18.8 Å². The van der Waals surface area contributed by atoms with Crippen molar-refractivity contribution in [1.29, 1.82) is 0 Å². The standard InChI is InChI=1S/C22H29N3O2/c1-3-4-12-27-22(26)24-15-20-13-21-17(2)25(11-10-19(21)14-23-20)16-18-8-6-5-7-9-18/h5-9,13-14,17H,3-4,10-12,15-16H2,1-2H3,(H,24,26). The van der Waals surface area contributed by atoms with Crippen LogP contribution in [0.25, 0.3) is 0 Å². The zero-order valence-electron chi connectivity index (χ0n) is 16.3. The van der Waals surface area contributed by atoms with E-state index in [9.17, 15) is 4.79 Å². The third-order valence-corrected chi connectivity index (χ3v) is 5.12. The SMILES string of the molecule is CCCCOC(=O)NCc1cc2c(cn1)CCN(Cc1ccccc1)C2C. The summed E-state index contributed by atoms with van der Waals surface area (Å²) in [5.74, 6) is 0. The summed E-state index contributed by atoms with van der Waals surface area (Å²) in [4.78, 5) is 18.7. The third-order valence-electron chi connectivity index (χ3n) is 5.12. The quantitative estimate of drug-likeness (QED) is 0.744. The minimum atomic E-state index is -0.373. The van der Waals surface area contributed by atoms with E-state index in [1.54, 1.807) is 0 Å². The molecule has 0 saturated carbocycles. The number of carbonyl (C=O) groups is 1. The smallest absolute Gasteiger partial charge is 0.407 e. The normalized spacial score (nSPS) is 16.6. The van der Waals surface area contributed by atoms with E-state index in [-0.39, 0.29) is 6.09 Å². The largest absolute Gasteiger partial charge is 0.450 e. The predicted molar refractivity (Wildman–Crippen MR) is 106 cm³/mol. The van der Waals surface area contributed by atoms with E-state index >= 15 is 0 Å². The highest BCUT2D eigenvalue weighted by Crippen LogP contribution is 2.30. The Balaban J connectivity index is 1.61. The van der Waals surface area contributed by atoms with Gasteiger partial charge >= 0.3 is 6.09 Å². The van der Waals surface area contributed by atoms with Crippen LogP contribution in [0.3, 0.4) is 0 Å². The van der Waals surface area contributed by atoms with Crippen LogP contribution in [0.15, 0.2) is 42.6 Å². The Morgan fingerprint density at radius 3 is 2.93 bits per heavy atom. The molecule has 1 aliphatic heterocycles. The van der Waals surface area contributed by atoms with E-state index in [0.717, 1.165) is 38.0 Å². The van der Waals surface area contributed by atoms with Crippen molar-refractivity contribution in [3.8, 4) is 0 Å². The first-order valence-corrected chi connectivity index (χ1v) is 9.83. The number of ether oxygens (including phenoxy) is 1. The van der Waals surface area contributed by atoms with Gasteiger partial charge in [0, 0.05) is 25.3 Å². The highest BCUT2D eigenvalue weighted by molar-refractivity contribution is 5.67. The average Bonchev–Trinajstić information content (AvgIpc) is 2.70. The zero-order chi connectivity index (χ0) is 19.1. The number of nitrogens with one attached hydrogen (secondary N) is 1. The highest BCUT2D eigenvalue weighted by Gasteiger charge is 2.24. The van der Waals surface area contributed by atoms with Crippen LogP contribution < -0.4 is 5.32 Å². The second kappa shape index (κ2) is 9.51. The van der Waals surface area contributed by atoms with Crippen LogP contribution in [0.5, 0.6) is 0 Å². The lowest BCUT2D eigenvalue weighted by Gasteiger charge is -2.35. The maximum Gasteiger partial charge on any atom is 0.407 e. The van der Waals surface area contributed by atoms with Crippen molar-refractivity contribution in [1.82, 2.24) is 15.2 Å². The number of fused-ring (bicyclic) bond motifs is 1. The Morgan fingerprint density at radius 2 is 2.15 bits per heavy atom. The fourth-order valence-electron chi connectivity index (χ4n) is 3.45. The summed E-state index contributed by atoms with van der Waals surface area (Å²) in [7, 11) is 0. The van der Waals surface area contributed by atoms with E-state index in [2.05, 4.69) is 65.4 Å². The Labute approximate surface area is 161 Å². The maximum atomic E-state index is 11.7. The average molecular weight is 367 g/mol. The molecule has 1 aliphatic rings. The van der Waals surface area contributed by atoms with Crippen molar-refractivity contribution in [3.05, 3.63) is 65.0 Å². The summed E-state index contributed by atoms with van der Waals surface area (Å²) in [5, 5.41) is 2.79. The van der Waals surface area contributed by atoms with Crippen LogP contribution in [-0.2, 0) is 24.2 Å². The number of pyridine rings is 1. The van der Waals surface area contributed by atoms with E-state index in [0.29, 0.717) is 19.2 Å². The van der Waals surface area contributed by atoms with Crippen LogP contribution in [-0.4, -0.2) is 29.1 Å². The third kappa shape index (κ3) is 5.30. The Hall–Kier alpha value is -2.40. The monoisotopic (exact) mass is 367 g/mol. The first-order chi connectivity index (χ1) is 13.2. The summed E-state index contributed by atoms with van der Waals surface area (Å²) in [6, 6.07) is 13.0. The molecule has 5 nitrogen and oxygen atoms in total. The Kier molecular flexibility index (Phi) is 6.82. The van der Waals surface area contributed by atoms with Gasteiger partial charge in [0.2, 0.25) is 0 Å². The predicted octanol–water partition coefficient (Wildman–Crippen LogP) is 4.23. The second-order valence-corrected chi connectivity index (χ2v) is 7.10. The van der Waals surface area contributed by atoms with E-state index in [4.69, 9.17) is 4.74 Å². The van der Waals surface area contributed by atoms with Crippen LogP contribution in [0.1, 0.15) is 55.1 Å². The summed E-state index contributed by atoms with van der Waals surface area (Å²) < 4.78 is 5.14. The number of alkyl carbamates (subject to hydrolysis) is 1. The molecule has 1 N–H and O–H groups in total. The molecule has 5 heteroatoms. The van der Waals surface area contributed by atoms with Crippen molar-refractivity contribution >= 4 is 6.09 Å². The minimum Gasteiger partial charge on any atom is -0.450 e. The highest BCUT2D eigenvalue weighted by atomic mass is 16.5. The lowest BCUT2D eigenvalue weighted by atomic mass is 9.94. The van der Waals surface area contributed by atoms with E-state index < -0.39 is 0 Å². The molecule has 0 spiro atoms. The van der Waals surface area contributed by atoms with Gasteiger partial charge in [0.25, 0.3) is 0 Å². The zero-order valence-corrected chi connectivity index (χ0v) is 16.3. The van der Waals surface area contributed by atoms with Gasteiger partial charge in [-0.15, -0.1) is 0 Å². The van der Waals surface area contributed by atoms with Crippen molar-refractivity contribution in [3.63, 3.8) is 0 Å². The van der Waals surface area contributed by atoms with Crippen LogP contribution in [0.2, 0.25) is 0 Å². The molecule has 0 fully saturated rings. The molecular weight excluding hydrogens is 338 g/mol. The summed E-state index contributed by atoms with van der Waals surface area (Å²) in [5.41, 5.74) is 4.82. The molecule has 1 aromatic carbocycles. The molecule has 2 heterocycles. The number of nitrogens with zero attached hydrogens (tertiary/aromatic N) is 2. The van der Waals surface area contributed by atoms with Gasteiger partial charge < -0.3 is 10.1 Å². The maximum absolute atomic E-state index is 11.7. The summed E-state index contributed by atoms with van der Waals surface area (Å²) in [6.07, 6.45) is 4.50. The topological polar surface area (TPSA) is 54.5 Å². The van der Waals surface area contributed by atoms with Gasteiger partial charge in [0.15, 0.2) is 0 Å². The van der Waals surface area contributed by atoms with Crippen molar-refractivity contribution < 1.29 is 9.53 Å². The fourth-order valence-corrected chi connectivity index (χ4v) is 3.45. The number of rotatable bonds is 7. The molecule has 1 unspecified atom stereocenters. The number of unbranched alkanes of at least 4 members (excludes halogenated alkanes) is 1. The molecule has 3 rings (SSSR count). The lowest BCUT2D eigenvalue weighted by Crippen LogP contribution is -2.34. The van der Waals surface area contributed by atoms with Gasteiger partial charge in [-0.3, -0.25) is 9.88 Å². The van der Waals surface area contributed by atoms with E-state index in [1.807, 2.05) is 6.20 Å². The molecule has 1 amide bonds. The number of hydrogen-bond donors (Lipinski definition) is 1. The molecule has 0 bridgehead atoms. The molecule has 0 radical (unpaired) electrons. The molecule has 0 saturated heterocycles. The van der Waals surface area contributed by atoms with Gasteiger partial charge in [-0.1, -0.05) is 43.7 Å².